The molecule has 0 aliphatic rings. The van der Waals surface area contributed by atoms with Crippen molar-refractivity contribution in [2.45, 2.75) is 9.92 Å². The Balaban J connectivity index is 1.86. The van der Waals surface area contributed by atoms with Crippen LogP contribution in [-0.4, -0.2) is 21.5 Å². The minimum Gasteiger partial charge on any atom is -0.497 e. The minimum absolute atomic E-state index is 0.0302. The Morgan fingerprint density at radius 2 is 1.67 bits per heavy atom. The molecule has 36 heavy (non-hydrogen) atoms. The van der Waals surface area contributed by atoms with Crippen molar-refractivity contribution in [3.05, 3.63) is 89.1 Å². The van der Waals surface area contributed by atoms with Crippen molar-refractivity contribution in [3.63, 3.8) is 0 Å². The second-order valence-corrected chi connectivity index (χ2v) is 9.18. The van der Waals surface area contributed by atoms with Crippen molar-refractivity contribution in [2.75, 3.05) is 12.8 Å². The maximum atomic E-state index is 10.3. The molecule has 3 aromatic heterocycles. The third-order valence-corrected chi connectivity index (χ3v) is 6.78. The Bertz CT molecular complexity index is 1690. The number of nitriles is 2. The van der Waals surface area contributed by atoms with Gasteiger partial charge in [-0.1, -0.05) is 41.6 Å². The highest BCUT2D eigenvalue weighted by atomic mass is 35.5. The highest BCUT2D eigenvalue weighted by Gasteiger charge is 2.27. The Morgan fingerprint density at radius 1 is 0.944 bits per heavy atom. The monoisotopic (exact) mass is 508 g/mol. The lowest BCUT2D eigenvalue weighted by atomic mass is 9.97. The molecule has 5 rings (SSSR count). The number of ether oxygens (including phenoxy) is 1. The van der Waals surface area contributed by atoms with Crippen LogP contribution in [0.4, 0.5) is 5.82 Å². The van der Waals surface area contributed by atoms with Crippen LogP contribution in [0.2, 0.25) is 5.02 Å². The van der Waals surface area contributed by atoms with E-state index in [0.29, 0.717) is 38.4 Å². The number of aromatic nitrogens is 3. The number of hydrogen-bond acceptors (Lipinski definition) is 7. The van der Waals surface area contributed by atoms with E-state index in [1.807, 2.05) is 54.6 Å². The highest BCUT2D eigenvalue weighted by molar-refractivity contribution is 7.99. The molecule has 0 saturated heterocycles. The molecule has 3 heterocycles. The molecule has 0 spiro atoms. The van der Waals surface area contributed by atoms with Gasteiger partial charge in [0.15, 0.2) is 0 Å². The summed E-state index contributed by atoms with van der Waals surface area (Å²) in [4.78, 5) is 10.1. The lowest BCUT2D eigenvalue weighted by Gasteiger charge is -2.14. The molecule has 0 aliphatic carbocycles. The number of nitrogens with zero attached hydrogens (tertiary/aromatic N) is 5. The van der Waals surface area contributed by atoms with Crippen molar-refractivity contribution < 1.29 is 4.74 Å². The lowest BCUT2D eigenvalue weighted by molar-refractivity contribution is 0.415. The molecule has 7 nitrogen and oxygen atoms in total. The Hall–Kier alpha value is -4.50. The summed E-state index contributed by atoms with van der Waals surface area (Å²) in [7, 11) is 1.59. The van der Waals surface area contributed by atoms with Crippen LogP contribution in [0.5, 0.6) is 5.75 Å². The number of halogens is 1. The molecule has 2 N–H and O–H groups in total. The zero-order valence-corrected chi connectivity index (χ0v) is 20.5. The lowest BCUT2D eigenvalue weighted by Crippen LogP contribution is -2.05. The number of rotatable bonds is 5. The van der Waals surface area contributed by atoms with Gasteiger partial charge in [0.1, 0.15) is 39.9 Å². The Labute approximate surface area is 216 Å². The first-order chi connectivity index (χ1) is 17.5. The van der Waals surface area contributed by atoms with Crippen LogP contribution in [-0.2, 0) is 0 Å². The number of imidazole rings is 1. The van der Waals surface area contributed by atoms with Crippen LogP contribution in [0.3, 0.4) is 0 Å². The van der Waals surface area contributed by atoms with Crippen LogP contribution < -0.4 is 10.5 Å². The van der Waals surface area contributed by atoms with Crippen molar-refractivity contribution >= 4 is 34.8 Å². The minimum atomic E-state index is 0.0302. The van der Waals surface area contributed by atoms with E-state index in [-0.39, 0.29) is 16.9 Å². The van der Waals surface area contributed by atoms with Gasteiger partial charge in [0.25, 0.3) is 0 Å². The second-order valence-electron chi connectivity index (χ2n) is 7.68. The fraction of sp³-hybridized carbons (Fsp3) is 0.0370. The molecule has 0 aliphatic heterocycles. The van der Waals surface area contributed by atoms with Gasteiger partial charge in [-0.3, -0.25) is 4.40 Å². The van der Waals surface area contributed by atoms with Crippen molar-refractivity contribution in [1.29, 1.82) is 10.5 Å². The molecule has 0 amide bonds. The van der Waals surface area contributed by atoms with E-state index in [4.69, 9.17) is 27.1 Å². The van der Waals surface area contributed by atoms with Gasteiger partial charge in [-0.15, -0.1) is 0 Å². The molecule has 9 heteroatoms. The predicted molar refractivity (Wildman–Crippen MR) is 140 cm³/mol. The fourth-order valence-corrected chi connectivity index (χ4v) is 4.99. The van der Waals surface area contributed by atoms with Gasteiger partial charge < -0.3 is 10.5 Å². The SMILES string of the molecule is COc1ccc(-c2nc3ccc(Cl)cn3c2-c2c(C#N)c(N)nc(Sc3ccccc3)c2C#N)cc1. The molecule has 174 valence electrons. The number of nitrogen functional groups attached to an aromatic ring is 1. The van der Waals surface area contributed by atoms with Gasteiger partial charge in [0.05, 0.1) is 29.1 Å². The summed E-state index contributed by atoms with van der Waals surface area (Å²) in [5.41, 5.74) is 9.42. The largest absolute Gasteiger partial charge is 0.497 e. The summed E-state index contributed by atoms with van der Waals surface area (Å²) in [6.07, 6.45) is 1.70. The topological polar surface area (TPSA) is 113 Å². The number of methoxy groups -OCH3 is 1. The summed E-state index contributed by atoms with van der Waals surface area (Å²) in [6, 6.07) is 24.9. The molecular weight excluding hydrogens is 492 g/mol. The summed E-state index contributed by atoms with van der Waals surface area (Å²) >= 11 is 7.66. The van der Waals surface area contributed by atoms with Crippen LogP contribution in [0, 0.1) is 22.7 Å². The van der Waals surface area contributed by atoms with Crippen LogP contribution in [0.25, 0.3) is 28.2 Å². The Morgan fingerprint density at radius 3 is 2.33 bits per heavy atom. The molecule has 0 fully saturated rings. The third kappa shape index (κ3) is 4.09. The molecule has 0 saturated carbocycles. The average molecular weight is 509 g/mol. The van der Waals surface area contributed by atoms with Crippen molar-refractivity contribution in [2.24, 2.45) is 0 Å². The van der Waals surface area contributed by atoms with E-state index < -0.39 is 0 Å². The molecule has 2 aromatic carbocycles. The number of anilines is 1. The van der Waals surface area contributed by atoms with Gasteiger partial charge in [-0.25, -0.2) is 9.97 Å². The van der Waals surface area contributed by atoms with Gasteiger partial charge in [-0.2, -0.15) is 10.5 Å². The first-order valence-electron chi connectivity index (χ1n) is 10.7. The number of benzene rings is 2. The van der Waals surface area contributed by atoms with Gasteiger partial charge in [0.2, 0.25) is 0 Å². The summed E-state index contributed by atoms with van der Waals surface area (Å²) < 4.78 is 7.07. The fourth-order valence-electron chi connectivity index (χ4n) is 3.92. The van der Waals surface area contributed by atoms with Gasteiger partial charge in [0, 0.05) is 22.2 Å². The van der Waals surface area contributed by atoms with E-state index in [2.05, 4.69) is 17.1 Å². The normalized spacial score (nSPS) is 10.7. The van der Waals surface area contributed by atoms with Crippen LogP contribution in [0.15, 0.2) is 82.8 Å². The second kappa shape index (κ2) is 9.63. The van der Waals surface area contributed by atoms with Crippen LogP contribution in [0.1, 0.15) is 11.1 Å². The summed E-state index contributed by atoms with van der Waals surface area (Å²) in [5.74, 6) is 0.722. The van der Waals surface area contributed by atoms with E-state index in [9.17, 15) is 10.5 Å². The first-order valence-corrected chi connectivity index (χ1v) is 11.9. The maximum Gasteiger partial charge on any atom is 0.143 e. The molecule has 0 atom stereocenters. The molecule has 0 radical (unpaired) electrons. The van der Waals surface area contributed by atoms with E-state index >= 15 is 0 Å². The van der Waals surface area contributed by atoms with Gasteiger partial charge >= 0.3 is 0 Å². The van der Waals surface area contributed by atoms with E-state index in [1.54, 1.807) is 29.8 Å². The number of pyridine rings is 2. The summed E-state index contributed by atoms with van der Waals surface area (Å²) in [5, 5.41) is 21.3. The molecule has 0 bridgehead atoms. The van der Waals surface area contributed by atoms with Crippen molar-refractivity contribution in [1.82, 2.24) is 14.4 Å². The van der Waals surface area contributed by atoms with Crippen LogP contribution >= 0.6 is 23.4 Å². The number of fused-ring (bicyclic) bond motifs is 1. The van der Waals surface area contributed by atoms with Crippen molar-refractivity contribution in [3.8, 4) is 40.4 Å². The molecule has 5 aromatic rings. The molecular formula is C27H17ClN6OS. The third-order valence-electron chi connectivity index (χ3n) is 5.56. The molecule has 0 unspecified atom stereocenters. The van der Waals surface area contributed by atoms with E-state index in [1.165, 1.54) is 11.8 Å². The summed E-state index contributed by atoms with van der Waals surface area (Å²) in [6.45, 7) is 0. The Kier molecular flexibility index (Phi) is 6.22. The quantitative estimate of drug-likeness (QED) is 0.300. The zero-order chi connectivity index (χ0) is 25.2. The zero-order valence-electron chi connectivity index (χ0n) is 18.9. The highest BCUT2D eigenvalue weighted by Crippen LogP contribution is 2.42. The standard InChI is InChI=1S/C27H17ClN6OS/c1-35-18-10-7-16(8-11-18)24-25(34-15-17(28)9-12-22(34)32-24)23-20(13-29)26(31)33-27(21(23)14-30)36-19-5-3-2-4-6-19/h2-12,15H,1H3,(H2,31,33). The van der Waals surface area contributed by atoms with Gasteiger partial charge in [-0.05, 0) is 48.5 Å². The maximum absolute atomic E-state index is 10.3. The number of nitrogens with two attached hydrogens (primary N) is 1. The predicted octanol–water partition coefficient (Wildman–Crippen LogP) is 6.20. The van der Waals surface area contributed by atoms with E-state index in [0.717, 1.165) is 10.5 Å². The smallest absolute Gasteiger partial charge is 0.143 e. The number of hydrogen-bond donors (Lipinski definition) is 1. The first kappa shape index (κ1) is 23.3. The average Bonchev–Trinajstić information content (AvgIpc) is 3.27.